The van der Waals surface area contributed by atoms with Gasteiger partial charge in [-0.2, -0.15) is 0 Å². The van der Waals surface area contributed by atoms with Crippen molar-refractivity contribution < 1.29 is 0 Å². The minimum Gasteiger partial charge on any atom is -0.314 e. The molecule has 0 amide bonds. The molecule has 2 aliphatic rings. The molecule has 2 heterocycles. The number of hydrogen-bond acceptors (Lipinski definition) is 8. The Labute approximate surface area is 240 Å². The molecule has 2 saturated heterocycles. The van der Waals surface area contributed by atoms with Gasteiger partial charge in [-0.25, -0.2) is 0 Å². The molecule has 8 nitrogen and oxygen atoms in total. The first kappa shape index (κ1) is 29.4. The van der Waals surface area contributed by atoms with E-state index in [1.165, 1.54) is 32.7 Å². The summed E-state index contributed by atoms with van der Waals surface area (Å²) in [6.07, 6.45) is 0. The third-order valence-corrected chi connectivity index (χ3v) is 8.25. The third kappa shape index (κ3) is 8.44. The number of benzene rings is 3. The van der Waals surface area contributed by atoms with Gasteiger partial charge in [0.05, 0.1) is 0 Å². The van der Waals surface area contributed by atoms with Gasteiger partial charge in [0.15, 0.2) is 0 Å². The van der Waals surface area contributed by atoms with Gasteiger partial charge in [0.1, 0.15) is 0 Å². The SMILES string of the molecule is c1ccc2c(CN3CCNCCNCCNCC3)c3ccccc3c(CN3CCNCCNCCNCC3)c2c1. The van der Waals surface area contributed by atoms with Crippen LogP contribution in [0.15, 0.2) is 48.5 Å². The Morgan fingerprint density at radius 3 is 0.900 bits per heavy atom. The number of hydrogen-bond donors (Lipinski definition) is 6. The Morgan fingerprint density at radius 1 is 0.375 bits per heavy atom. The van der Waals surface area contributed by atoms with Crippen LogP contribution in [-0.4, -0.2) is 115 Å². The Bertz CT molecular complexity index is 997. The molecule has 3 aromatic carbocycles. The van der Waals surface area contributed by atoms with Crippen LogP contribution in [0.3, 0.4) is 0 Å². The van der Waals surface area contributed by atoms with E-state index in [0.29, 0.717) is 0 Å². The molecule has 0 atom stereocenters. The van der Waals surface area contributed by atoms with E-state index < -0.39 is 0 Å². The Hall–Kier alpha value is -2.14. The van der Waals surface area contributed by atoms with Gasteiger partial charge in [0.25, 0.3) is 0 Å². The standard InChI is InChI=1S/C32H50N8/c1-2-6-28-27(5-1)31(25-39-21-17-35-13-9-33-10-14-36-18-22-39)29-7-3-4-8-30(29)32(28)26-40-23-19-37-15-11-34-12-16-38-20-24-40/h1-8,33-38H,9-26H2. The van der Waals surface area contributed by atoms with Crippen LogP contribution in [0, 0.1) is 0 Å². The summed E-state index contributed by atoms with van der Waals surface area (Å²) in [4.78, 5) is 5.26. The fourth-order valence-electron chi connectivity index (χ4n) is 6.04. The maximum absolute atomic E-state index is 3.63. The molecule has 8 heteroatoms. The summed E-state index contributed by atoms with van der Waals surface area (Å²) < 4.78 is 0. The van der Waals surface area contributed by atoms with Gasteiger partial charge in [-0.05, 0) is 32.7 Å². The summed E-state index contributed by atoms with van der Waals surface area (Å²) in [5.74, 6) is 0. The van der Waals surface area contributed by atoms with Crippen LogP contribution in [0.1, 0.15) is 11.1 Å². The number of rotatable bonds is 4. The molecule has 0 aliphatic carbocycles. The molecule has 0 aromatic heterocycles. The number of nitrogens with one attached hydrogen (secondary N) is 6. The summed E-state index contributed by atoms with van der Waals surface area (Å²) in [5.41, 5.74) is 2.93. The highest BCUT2D eigenvalue weighted by Gasteiger charge is 2.18. The maximum atomic E-state index is 3.63. The molecule has 218 valence electrons. The van der Waals surface area contributed by atoms with E-state index in [1.54, 1.807) is 0 Å². The van der Waals surface area contributed by atoms with Crippen LogP contribution in [0.4, 0.5) is 0 Å². The molecular weight excluding hydrogens is 496 g/mol. The van der Waals surface area contributed by atoms with Crippen molar-refractivity contribution >= 4 is 21.5 Å². The molecule has 0 radical (unpaired) electrons. The molecule has 0 saturated carbocycles. The molecule has 6 N–H and O–H groups in total. The fourth-order valence-corrected chi connectivity index (χ4v) is 6.04. The zero-order valence-corrected chi connectivity index (χ0v) is 24.2. The van der Waals surface area contributed by atoms with E-state index in [1.807, 2.05) is 0 Å². The fraction of sp³-hybridized carbons (Fsp3) is 0.562. The summed E-state index contributed by atoms with van der Waals surface area (Å²) in [6, 6.07) is 18.3. The molecule has 40 heavy (non-hydrogen) atoms. The number of nitrogens with zero attached hydrogens (tertiary/aromatic N) is 2. The van der Waals surface area contributed by atoms with Gasteiger partial charge < -0.3 is 31.9 Å². The largest absolute Gasteiger partial charge is 0.314 e. The van der Waals surface area contributed by atoms with E-state index in [2.05, 4.69) is 90.2 Å². The average molecular weight is 547 g/mol. The zero-order chi connectivity index (χ0) is 27.2. The quantitative estimate of drug-likeness (QED) is 0.273. The lowest BCUT2D eigenvalue weighted by Crippen LogP contribution is -2.41. The van der Waals surface area contributed by atoms with Crippen molar-refractivity contribution in [2.75, 3.05) is 105 Å². The van der Waals surface area contributed by atoms with Crippen LogP contribution < -0.4 is 31.9 Å². The highest BCUT2D eigenvalue weighted by Crippen LogP contribution is 2.34. The van der Waals surface area contributed by atoms with Crippen molar-refractivity contribution in [1.29, 1.82) is 0 Å². The van der Waals surface area contributed by atoms with Crippen molar-refractivity contribution in [3.8, 4) is 0 Å². The summed E-state index contributed by atoms with van der Waals surface area (Å²) in [5, 5.41) is 27.1. The zero-order valence-electron chi connectivity index (χ0n) is 24.2. The van der Waals surface area contributed by atoms with E-state index in [0.717, 1.165) is 118 Å². The van der Waals surface area contributed by atoms with Gasteiger partial charge in [-0.15, -0.1) is 0 Å². The second-order valence-corrected chi connectivity index (χ2v) is 11.1. The smallest absolute Gasteiger partial charge is 0.0247 e. The lowest BCUT2D eigenvalue weighted by atomic mass is 9.91. The molecule has 2 aliphatic heterocycles. The van der Waals surface area contributed by atoms with E-state index in [9.17, 15) is 0 Å². The first-order valence-electron chi connectivity index (χ1n) is 15.5. The predicted molar refractivity (Wildman–Crippen MR) is 169 cm³/mol. The highest BCUT2D eigenvalue weighted by molar-refractivity contribution is 6.05. The van der Waals surface area contributed by atoms with Crippen molar-refractivity contribution in [3.05, 3.63) is 59.7 Å². The van der Waals surface area contributed by atoms with Crippen LogP contribution in [-0.2, 0) is 13.1 Å². The molecule has 5 rings (SSSR count). The molecular formula is C32H50N8. The second kappa shape index (κ2) is 16.3. The lowest BCUT2D eigenvalue weighted by Gasteiger charge is -2.28. The Morgan fingerprint density at radius 2 is 0.625 bits per heavy atom. The highest BCUT2D eigenvalue weighted by atomic mass is 15.2. The van der Waals surface area contributed by atoms with Crippen LogP contribution >= 0.6 is 0 Å². The van der Waals surface area contributed by atoms with Crippen molar-refractivity contribution in [1.82, 2.24) is 41.7 Å². The van der Waals surface area contributed by atoms with Crippen LogP contribution in [0.25, 0.3) is 21.5 Å². The van der Waals surface area contributed by atoms with Crippen LogP contribution in [0.2, 0.25) is 0 Å². The average Bonchev–Trinajstić information content (AvgIpc) is 2.97. The number of fused-ring (bicyclic) bond motifs is 2. The van der Waals surface area contributed by atoms with Crippen molar-refractivity contribution in [3.63, 3.8) is 0 Å². The normalized spacial score (nSPS) is 20.8. The van der Waals surface area contributed by atoms with E-state index in [4.69, 9.17) is 0 Å². The van der Waals surface area contributed by atoms with Gasteiger partial charge in [0, 0.05) is 118 Å². The molecule has 0 spiro atoms. The van der Waals surface area contributed by atoms with Crippen molar-refractivity contribution in [2.45, 2.75) is 13.1 Å². The summed E-state index contributed by atoms with van der Waals surface area (Å²) in [7, 11) is 0. The topological polar surface area (TPSA) is 78.7 Å². The maximum Gasteiger partial charge on any atom is 0.0247 e. The molecule has 2 fully saturated rings. The molecule has 0 bridgehead atoms. The summed E-state index contributed by atoms with van der Waals surface area (Å²) in [6.45, 7) is 18.4. The monoisotopic (exact) mass is 546 g/mol. The van der Waals surface area contributed by atoms with Gasteiger partial charge in [-0.3, -0.25) is 9.80 Å². The minimum atomic E-state index is 0.967. The predicted octanol–water partition coefficient (Wildman–Crippen LogP) is 1.16. The first-order chi connectivity index (χ1) is 19.9. The molecule has 0 unspecified atom stereocenters. The van der Waals surface area contributed by atoms with Crippen LogP contribution in [0.5, 0.6) is 0 Å². The van der Waals surface area contributed by atoms with Crippen molar-refractivity contribution in [2.24, 2.45) is 0 Å². The minimum absolute atomic E-state index is 0.967. The second-order valence-electron chi connectivity index (χ2n) is 11.1. The van der Waals surface area contributed by atoms with Gasteiger partial charge in [0.2, 0.25) is 0 Å². The van der Waals surface area contributed by atoms with Gasteiger partial charge >= 0.3 is 0 Å². The first-order valence-corrected chi connectivity index (χ1v) is 15.5. The van der Waals surface area contributed by atoms with E-state index in [-0.39, 0.29) is 0 Å². The lowest BCUT2D eigenvalue weighted by molar-refractivity contribution is 0.263. The van der Waals surface area contributed by atoms with Gasteiger partial charge in [-0.1, -0.05) is 48.5 Å². The summed E-state index contributed by atoms with van der Waals surface area (Å²) >= 11 is 0. The Balaban J connectivity index is 1.43. The third-order valence-electron chi connectivity index (χ3n) is 8.25. The van der Waals surface area contributed by atoms with E-state index >= 15 is 0 Å². The molecule has 3 aromatic rings. The Kier molecular flexibility index (Phi) is 12.0.